The number of fused-ring (bicyclic) bond motifs is 2. The Balaban J connectivity index is 1.91. The lowest BCUT2D eigenvalue weighted by Gasteiger charge is -2.17. The highest BCUT2D eigenvalue weighted by molar-refractivity contribution is 5.32. The van der Waals surface area contributed by atoms with Gasteiger partial charge in [0.15, 0.2) is 0 Å². The summed E-state index contributed by atoms with van der Waals surface area (Å²) in [6, 6.07) is 1.02. The van der Waals surface area contributed by atoms with Gasteiger partial charge in [-0.2, -0.15) is 10.2 Å². The molecule has 0 radical (unpaired) electrons. The van der Waals surface area contributed by atoms with E-state index in [1.54, 1.807) is 11.1 Å². The van der Waals surface area contributed by atoms with Crippen molar-refractivity contribution in [1.82, 2.24) is 0 Å². The van der Waals surface area contributed by atoms with Crippen LogP contribution in [0.3, 0.4) is 0 Å². The van der Waals surface area contributed by atoms with Crippen LogP contribution in [0.1, 0.15) is 44.9 Å². The topological polar surface area (TPSA) is 24.7 Å². The summed E-state index contributed by atoms with van der Waals surface area (Å²) in [6.45, 7) is 0. The van der Waals surface area contributed by atoms with Crippen molar-refractivity contribution in [3.8, 4) is 0 Å². The number of nitrogens with zero attached hydrogens (tertiary/aromatic N) is 2. The van der Waals surface area contributed by atoms with Crippen LogP contribution < -0.4 is 0 Å². The highest BCUT2D eigenvalue weighted by Gasteiger charge is 2.37. The molecule has 2 nitrogen and oxygen atoms in total. The number of rotatable bonds is 0. The van der Waals surface area contributed by atoms with Crippen LogP contribution in [-0.2, 0) is 0 Å². The average molecular weight is 176 g/mol. The van der Waals surface area contributed by atoms with E-state index in [4.69, 9.17) is 0 Å². The molecule has 2 bridgehead atoms. The van der Waals surface area contributed by atoms with E-state index >= 15 is 0 Å². The Bertz CT molecular complexity index is 254. The Hall–Kier alpha value is -0.660. The normalized spacial score (nSPS) is 37.5. The molecule has 0 spiro atoms. The Kier molecular flexibility index (Phi) is 1.74. The lowest BCUT2D eigenvalue weighted by Crippen LogP contribution is -2.07. The number of hydrogen-bond donors (Lipinski definition) is 0. The van der Waals surface area contributed by atoms with E-state index in [0.29, 0.717) is 12.1 Å². The molecule has 0 aromatic carbocycles. The van der Waals surface area contributed by atoms with Gasteiger partial charge in [-0.3, -0.25) is 0 Å². The molecule has 3 aliphatic rings. The summed E-state index contributed by atoms with van der Waals surface area (Å²) in [5.41, 5.74) is 3.36. The van der Waals surface area contributed by atoms with E-state index in [1.807, 2.05) is 0 Å². The molecule has 0 aromatic heterocycles. The molecule has 3 rings (SSSR count). The molecule has 2 unspecified atom stereocenters. The monoisotopic (exact) mass is 176 g/mol. The molecular weight excluding hydrogens is 160 g/mol. The zero-order valence-electron chi connectivity index (χ0n) is 8.00. The Morgan fingerprint density at radius 3 is 2.00 bits per heavy atom. The summed E-state index contributed by atoms with van der Waals surface area (Å²) in [4.78, 5) is 0. The van der Waals surface area contributed by atoms with Gasteiger partial charge in [-0.1, -0.05) is 12.0 Å². The zero-order valence-corrected chi connectivity index (χ0v) is 8.00. The van der Waals surface area contributed by atoms with Crippen molar-refractivity contribution in [3.63, 3.8) is 0 Å². The molecule has 2 saturated carbocycles. The molecule has 1 aliphatic heterocycles. The van der Waals surface area contributed by atoms with Gasteiger partial charge in [0.2, 0.25) is 0 Å². The molecule has 0 N–H and O–H groups in total. The van der Waals surface area contributed by atoms with Gasteiger partial charge in [-0.05, 0) is 44.1 Å². The summed E-state index contributed by atoms with van der Waals surface area (Å²) in [5, 5.41) is 8.66. The van der Waals surface area contributed by atoms with Crippen LogP contribution in [0, 0.1) is 0 Å². The van der Waals surface area contributed by atoms with Crippen molar-refractivity contribution in [1.29, 1.82) is 0 Å². The van der Waals surface area contributed by atoms with E-state index in [-0.39, 0.29) is 0 Å². The first-order valence-corrected chi connectivity index (χ1v) is 5.57. The molecule has 2 heteroatoms. The second-order valence-electron chi connectivity index (χ2n) is 4.46. The first-order chi connectivity index (χ1) is 6.45. The second-order valence-corrected chi connectivity index (χ2v) is 4.46. The van der Waals surface area contributed by atoms with Crippen LogP contribution in [0.4, 0.5) is 0 Å². The Labute approximate surface area is 79.1 Å². The van der Waals surface area contributed by atoms with Crippen LogP contribution in [0.25, 0.3) is 0 Å². The van der Waals surface area contributed by atoms with Crippen molar-refractivity contribution < 1.29 is 0 Å². The predicted molar refractivity (Wildman–Crippen MR) is 51.8 cm³/mol. The molecular formula is C11H16N2. The smallest absolute Gasteiger partial charge is 0.0942 e. The van der Waals surface area contributed by atoms with Gasteiger partial charge in [0.25, 0.3) is 0 Å². The van der Waals surface area contributed by atoms with Gasteiger partial charge in [-0.15, -0.1) is 0 Å². The van der Waals surface area contributed by atoms with Crippen LogP contribution >= 0.6 is 0 Å². The van der Waals surface area contributed by atoms with Crippen LogP contribution in [0.5, 0.6) is 0 Å². The van der Waals surface area contributed by atoms with Crippen molar-refractivity contribution in [3.05, 3.63) is 11.1 Å². The van der Waals surface area contributed by atoms with Gasteiger partial charge in [-0.25, -0.2) is 0 Å². The maximum Gasteiger partial charge on any atom is 0.0942 e. The number of hydrogen-bond acceptors (Lipinski definition) is 2. The molecule has 2 aliphatic carbocycles. The minimum absolute atomic E-state index is 0.512. The van der Waals surface area contributed by atoms with Crippen molar-refractivity contribution in [2.45, 2.75) is 57.0 Å². The standard InChI is InChI=1S/C11H16N2/c1-2-4-8(5-3-1)11-9-6-7-10(11)13-12-9/h9-10H,1-7H2. The van der Waals surface area contributed by atoms with Gasteiger partial charge in [0.1, 0.15) is 0 Å². The van der Waals surface area contributed by atoms with Crippen molar-refractivity contribution in [2.24, 2.45) is 10.2 Å². The Morgan fingerprint density at radius 2 is 1.46 bits per heavy atom. The molecule has 0 aromatic rings. The lowest BCUT2D eigenvalue weighted by atomic mass is 9.89. The summed E-state index contributed by atoms with van der Waals surface area (Å²) >= 11 is 0. The highest BCUT2D eigenvalue weighted by Crippen LogP contribution is 2.41. The predicted octanol–water partition coefficient (Wildman–Crippen LogP) is 3.24. The third kappa shape index (κ3) is 1.15. The molecule has 70 valence electrons. The van der Waals surface area contributed by atoms with Gasteiger partial charge < -0.3 is 0 Å². The van der Waals surface area contributed by atoms with E-state index in [9.17, 15) is 0 Å². The molecule has 0 saturated heterocycles. The molecule has 0 amide bonds. The first-order valence-electron chi connectivity index (χ1n) is 5.57. The molecule has 2 atom stereocenters. The number of allylic oxidation sites excluding steroid dienone is 1. The third-order valence-corrected chi connectivity index (χ3v) is 3.64. The minimum atomic E-state index is 0.512. The second kappa shape index (κ2) is 2.93. The number of azo groups is 1. The largest absolute Gasteiger partial charge is 0.186 e. The lowest BCUT2D eigenvalue weighted by molar-refractivity contribution is 0.588. The third-order valence-electron chi connectivity index (χ3n) is 3.64. The summed E-state index contributed by atoms with van der Waals surface area (Å²) < 4.78 is 0. The fraction of sp³-hybridized carbons (Fsp3) is 0.818. The minimum Gasteiger partial charge on any atom is -0.186 e. The van der Waals surface area contributed by atoms with E-state index < -0.39 is 0 Å². The highest BCUT2D eigenvalue weighted by atomic mass is 15.2. The van der Waals surface area contributed by atoms with Crippen molar-refractivity contribution >= 4 is 0 Å². The van der Waals surface area contributed by atoms with Crippen molar-refractivity contribution in [2.75, 3.05) is 0 Å². The quantitative estimate of drug-likeness (QED) is 0.506. The van der Waals surface area contributed by atoms with Crippen LogP contribution in [0.2, 0.25) is 0 Å². The average Bonchev–Trinajstić information content (AvgIpc) is 2.78. The zero-order chi connectivity index (χ0) is 8.67. The summed E-state index contributed by atoms with van der Waals surface area (Å²) in [6.07, 6.45) is 9.46. The maximum absolute atomic E-state index is 4.33. The van der Waals surface area contributed by atoms with Gasteiger partial charge in [0, 0.05) is 0 Å². The Morgan fingerprint density at radius 1 is 0.846 bits per heavy atom. The summed E-state index contributed by atoms with van der Waals surface area (Å²) in [7, 11) is 0. The SMILES string of the molecule is C1CCC(=C2C3CCC2N=N3)CC1. The summed E-state index contributed by atoms with van der Waals surface area (Å²) in [5.74, 6) is 0. The van der Waals surface area contributed by atoms with E-state index in [2.05, 4.69) is 10.2 Å². The first kappa shape index (κ1) is 7.72. The van der Waals surface area contributed by atoms with E-state index in [0.717, 1.165) is 0 Å². The van der Waals surface area contributed by atoms with Gasteiger partial charge >= 0.3 is 0 Å². The fourth-order valence-electron chi connectivity index (χ4n) is 2.99. The molecule has 1 heterocycles. The maximum atomic E-state index is 4.33. The van der Waals surface area contributed by atoms with Crippen LogP contribution in [-0.4, -0.2) is 12.1 Å². The fourth-order valence-corrected chi connectivity index (χ4v) is 2.99. The van der Waals surface area contributed by atoms with Gasteiger partial charge in [0.05, 0.1) is 12.1 Å². The molecule has 2 fully saturated rings. The van der Waals surface area contributed by atoms with E-state index in [1.165, 1.54) is 44.9 Å². The van der Waals surface area contributed by atoms with Crippen LogP contribution in [0.15, 0.2) is 21.4 Å². The molecule has 13 heavy (non-hydrogen) atoms.